The van der Waals surface area contributed by atoms with E-state index in [0.717, 1.165) is 5.56 Å². The summed E-state index contributed by atoms with van der Waals surface area (Å²) in [7, 11) is 1.43. The number of aliphatic hydroxyl groups is 1. The van der Waals surface area contributed by atoms with Crippen molar-refractivity contribution in [2.75, 3.05) is 7.11 Å². The lowest BCUT2D eigenvalue weighted by atomic mass is 9.78. The van der Waals surface area contributed by atoms with Gasteiger partial charge in [0.25, 0.3) is 0 Å². The average molecular weight is 372 g/mol. The molecular formula is C21H24O6. The summed E-state index contributed by atoms with van der Waals surface area (Å²) < 4.78 is 5.21. The number of hydrogen-bond acceptors (Lipinski definition) is 6. The van der Waals surface area contributed by atoms with Crippen LogP contribution in [0.1, 0.15) is 47.7 Å². The largest absolute Gasteiger partial charge is 0.508 e. The normalized spacial score (nSPS) is 19.0. The molecule has 0 saturated carbocycles. The molecule has 1 aliphatic rings. The molecule has 27 heavy (non-hydrogen) atoms. The lowest BCUT2D eigenvalue weighted by molar-refractivity contribution is 0.00913. The fourth-order valence-electron chi connectivity index (χ4n) is 3.99. The quantitative estimate of drug-likeness (QED) is 0.475. The number of carbonyl (C=O) groups excluding carboxylic acids is 1. The predicted molar refractivity (Wildman–Crippen MR) is 99.6 cm³/mol. The van der Waals surface area contributed by atoms with E-state index in [1.165, 1.54) is 31.4 Å². The Hall–Kier alpha value is -2.73. The third kappa shape index (κ3) is 3.45. The van der Waals surface area contributed by atoms with Crippen LogP contribution in [0.5, 0.6) is 23.0 Å². The van der Waals surface area contributed by atoms with Crippen LogP contribution in [0.3, 0.4) is 0 Å². The molecule has 6 nitrogen and oxygen atoms in total. The van der Waals surface area contributed by atoms with Crippen molar-refractivity contribution in [3.63, 3.8) is 0 Å². The Labute approximate surface area is 157 Å². The number of fused-ring (bicyclic) bond motifs is 1. The second kappa shape index (κ2) is 6.78. The Kier molecular flexibility index (Phi) is 4.78. The van der Waals surface area contributed by atoms with E-state index in [0.29, 0.717) is 17.5 Å². The van der Waals surface area contributed by atoms with Crippen LogP contribution in [-0.4, -0.2) is 38.9 Å². The number of ether oxygens (including phenoxy) is 1. The minimum atomic E-state index is -1.08. The maximum Gasteiger partial charge on any atom is 0.167 e. The molecule has 2 aromatic carbocycles. The molecule has 0 aromatic heterocycles. The molecule has 0 radical (unpaired) electrons. The molecule has 0 amide bonds. The van der Waals surface area contributed by atoms with Gasteiger partial charge in [0.05, 0.1) is 18.3 Å². The third-order valence-corrected chi connectivity index (χ3v) is 5.41. The maximum atomic E-state index is 13.0. The van der Waals surface area contributed by atoms with Crippen LogP contribution in [0, 0.1) is 5.92 Å². The van der Waals surface area contributed by atoms with Crippen molar-refractivity contribution in [1.82, 2.24) is 0 Å². The highest BCUT2D eigenvalue weighted by Gasteiger charge is 2.43. The molecule has 0 bridgehead atoms. The lowest BCUT2D eigenvalue weighted by Gasteiger charge is -2.31. The van der Waals surface area contributed by atoms with Crippen molar-refractivity contribution < 1.29 is 30.0 Å². The highest BCUT2D eigenvalue weighted by atomic mass is 16.5. The first kappa shape index (κ1) is 19.0. The molecule has 0 spiro atoms. The Morgan fingerprint density at radius 1 is 1.19 bits per heavy atom. The topological polar surface area (TPSA) is 107 Å². The van der Waals surface area contributed by atoms with Gasteiger partial charge < -0.3 is 25.2 Å². The Morgan fingerprint density at radius 2 is 1.89 bits per heavy atom. The number of aromatic hydroxyl groups is 3. The van der Waals surface area contributed by atoms with E-state index in [2.05, 4.69) is 0 Å². The summed E-state index contributed by atoms with van der Waals surface area (Å²) in [6.07, 6.45) is 0.469. The van der Waals surface area contributed by atoms with Gasteiger partial charge >= 0.3 is 0 Å². The van der Waals surface area contributed by atoms with Gasteiger partial charge in [-0.25, -0.2) is 0 Å². The zero-order valence-corrected chi connectivity index (χ0v) is 15.6. The molecule has 0 saturated heterocycles. The predicted octanol–water partition coefficient (Wildman–Crippen LogP) is 3.11. The number of carbonyl (C=O) groups is 1. The molecule has 4 N–H and O–H groups in total. The van der Waals surface area contributed by atoms with E-state index < -0.39 is 5.60 Å². The van der Waals surface area contributed by atoms with Crippen molar-refractivity contribution in [2.24, 2.45) is 5.92 Å². The molecule has 3 rings (SSSR count). The first-order chi connectivity index (χ1) is 12.6. The van der Waals surface area contributed by atoms with Crippen LogP contribution in [0.15, 0.2) is 30.3 Å². The van der Waals surface area contributed by atoms with E-state index in [-0.39, 0.29) is 47.0 Å². The highest BCUT2D eigenvalue weighted by Crippen LogP contribution is 2.50. The van der Waals surface area contributed by atoms with E-state index in [1.54, 1.807) is 19.9 Å². The number of ketones is 1. The van der Waals surface area contributed by atoms with E-state index in [1.807, 2.05) is 0 Å². The van der Waals surface area contributed by atoms with Crippen molar-refractivity contribution >= 4 is 5.78 Å². The van der Waals surface area contributed by atoms with Gasteiger partial charge in [-0.15, -0.1) is 0 Å². The SMILES string of the molecule is COc1cc(O)ccc1C(=O)C[C@H]1c2ccc(O)c(O)c2C[C@@H]1C(C)(C)O. The van der Waals surface area contributed by atoms with E-state index >= 15 is 0 Å². The maximum absolute atomic E-state index is 13.0. The molecule has 0 fully saturated rings. The summed E-state index contributed by atoms with van der Waals surface area (Å²) in [6.45, 7) is 3.36. The summed E-state index contributed by atoms with van der Waals surface area (Å²) in [5, 5.41) is 40.2. The number of hydrogen-bond donors (Lipinski definition) is 4. The molecule has 144 valence electrons. The average Bonchev–Trinajstić information content (AvgIpc) is 2.97. The molecule has 6 heteroatoms. The lowest BCUT2D eigenvalue weighted by Crippen LogP contribution is -2.34. The number of methoxy groups -OCH3 is 1. The Bertz CT molecular complexity index is 881. The Morgan fingerprint density at radius 3 is 2.52 bits per heavy atom. The van der Waals surface area contributed by atoms with Gasteiger partial charge in [0.15, 0.2) is 17.3 Å². The van der Waals surface area contributed by atoms with Crippen LogP contribution in [-0.2, 0) is 6.42 Å². The third-order valence-electron chi connectivity index (χ3n) is 5.41. The van der Waals surface area contributed by atoms with Gasteiger partial charge in [-0.2, -0.15) is 0 Å². The van der Waals surface area contributed by atoms with Crippen LogP contribution in [0.4, 0.5) is 0 Å². The Balaban J connectivity index is 1.99. The zero-order chi connectivity index (χ0) is 19.9. The number of phenolic OH excluding ortho intramolecular Hbond substituents is 3. The smallest absolute Gasteiger partial charge is 0.167 e. The van der Waals surface area contributed by atoms with Crippen LogP contribution in [0.25, 0.3) is 0 Å². The van der Waals surface area contributed by atoms with Crippen molar-refractivity contribution in [1.29, 1.82) is 0 Å². The van der Waals surface area contributed by atoms with Gasteiger partial charge in [0.2, 0.25) is 0 Å². The molecular weight excluding hydrogens is 348 g/mol. The number of Topliss-reactive ketones (excluding diaryl/α,β-unsaturated/α-hetero) is 1. The van der Waals surface area contributed by atoms with E-state index in [4.69, 9.17) is 4.74 Å². The fraction of sp³-hybridized carbons (Fsp3) is 0.381. The second-order valence-electron chi connectivity index (χ2n) is 7.58. The first-order valence-electron chi connectivity index (χ1n) is 8.79. The molecule has 0 heterocycles. The van der Waals surface area contributed by atoms with Gasteiger partial charge in [-0.1, -0.05) is 6.07 Å². The summed E-state index contributed by atoms with van der Waals surface area (Å²) in [4.78, 5) is 13.0. The minimum Gasteiger partial charge on any atom is -0.508 e. The van der Waals surface area contributed by atoms with Gasteiger partial charge in [0.1, 0.15) is 11.5 Å². The van der Waals surface area contributed by atoms with Crippen LogP contribution < -0.4 is 4.74 Å². The van der Waals surface area contributed by atoms with Crippen molar-refractivity contribution in [3.05, 3.63) is 47.0 Å². The monoisotopic (exact) mass is 372 g/mol. The molecule has 0 unspecified atom stereocenters. The van der Waals surface area contributed by atoms with Crippen LogP contribution in [0.2, 0.25) is 0 Å². The summed E-state index contributed by atoms with van der Waals surface area (Å²) in [5.74, 6) is -0.929. The van der Waals surface area contributed by atoms with Gasteiger partial charge in [-0.05, 0) is 55.9 Å². The second-order valence-corrected chi connectivity index (χ2v) is 7.58. The standard InChI is InChI=1S/C21H24O6/c1-21(2,26)16-9-15-12(6-7-17(23)20(15)25)14(16)10-18(24)13-5-4-11(22)8-19(13)27-3/h4-8,14,16,22-23,25-26H,9-10H2,1-3H3/t14-,16-/m0/s1. The molecule has 0 aliphatic heterocycles. The van der Waals surface area contributed by atoms with Crippen molar-refractivity contribution in [3.8, 4) is 23.0 Å². The van der Waals surface area contributed by atoms with Crippen molar-refractivity contribution in [2.45, 2.75) is 38.2 Å². The van der Waals surface area contributed by atoms with E-state index in [9.17, 15) is 25.2 Å². The fourth-order valence-corrected chi connectivity index (χ4v) is 3.99. The molecule has 1 aliphatic carbocycles. The number of benzene rings is 2. The number of rotatable bonds is 5. The summed E-state index contributed by atoms with van der Waals surface area (Å²) in [6, 6.07) is 7.42. The van der Waals surface area contributed by atoms with Crippen LogP contribution >= 0.6 is 0 Å². The molecule has 2 atom stereocenters. The summed E-state index contributed by atoms with van der Waals surface area (Å²) >= 11 is 0. The molecule has 2 aromatic rings. The number of phenols is 3. The van der Waals surface area contributed by atoms with Gasteiger partial charge in [0, 0.05) is 18.1 Å². The summed E-state index contributed by atoms with van der Waals surface area (Å²) in [5.41, 5.74) is 0.591. The van der Waals surface area contributed by atoms with Gasteiger partial charge in [-0.3, -0.25) is 4.79 Å². The zero-order valence-electron chi connectivity index (χ0n) is 15.6. The first-order valence-corrected chi connectivity index (χ1v) is 8.79. The highest BCUT2D eigenvalue weighted by molar-refractivity contribution is 5.99. The minimum absolute atomic E-state index is 0.00405.